The number of hydrogen-bond acceptors (Lipinski definition) is 10. The van der Waals surface area contributed by atoms with Gasteiger partial charge in [0, 0.05) is 37.1 Å². The van der Waals surface area contributed by atoms with Crippen molar-refractivity contribution in [3.63, 3.8) is 0 Å². The molecule has 4 N–H and O–H groups in total. The molecule has 0 aliphatic carbocycles. The lowest BCUT2D eigenvalue weighted by Crippen LogP contribution is -2.44. The highest BCUT2D eigenvalue weighted by Crippen LogP contribution is 2.40. The summed E-state index contributed by atoms with van der Waals surface area (Å²) >= 11 is 9.84. The first kappa shape index (κ1) is 53.0. The Kier molecular flexibility index (Phi) is 16.9. The first-order valence-corrected chi connectivity index (χ1v) is 19.4. The predicted octanol–water partition coefficient (Wildman–Crippen LogP) is 8.73. The number of carbonyl (C=O) groups excluding carboxylic acids is 3. The van der Waals surface area contributed by atoms with Gasteiger partial charge in [-0.3, -0.25) is 24.3 Å². The minimum absolute atomic E-state index is 0.0869. The highest BCUT2D eigenvalue weighted by molar-refractivity contribution is 7.81. The minimum atomic E-state index is -4.82. The van der Waals surface area contributed by atoms with Gasteiger partial charge in [0.15, 0.2) is 5.11 Å². The van der Waals surface area contributed by atoms with Gasteiger partial charge in [0.1, 0.15) is 22.7 Å². The number of carbonyl (C=O) groups is 4. The molecule has 0 unspecified atom stereocenters. The molecular weight excluding hydrogens is 925 g/mol. The van der Waals surface area contributed by atoms with Crippen molar-refractivity contribution in [2.45, 2.75) is 51.1 Å². The first-order chi connectivity index (χ1) is 30.6. The molecule has 5 rings (SSSR count). The van der Waals surface area contributed by atoms with Gasteiger partial charge in [-0.05, 0) is 113 Å². The zero-order chi connectivity index (χ0) is 50.1. The van der Waals surface area contributed by atoms with Gasteiger partial charge >= 0.3 is 18.3 Å². The number of anilines is 3. The first-order valence-electron chi connectivity index (χ1n) is 18.5. The Balaban J connectivity index is 0.000000288. The van der Waals surface area contributed by atoms with Crippen LogP contribution < -0.4 is 25.8 Å². The average molecular weight is 961 g/mol. The molecule has 0 bridgehead atoms. The minimum Gasteiger partial charge on any atom is -0.480 e. The quantitative estimate of drug-likeness (QED) is 0.0713. The van der Waals surface area contributed by atoms with Crippen LogP contribution >= 0.6 is 24.4 Å². The van der Waals surface area contributed by atoms with Crippen molar-refractivity contribution in [1.82, 2.24) is 10.6 Å². The summed E-state index contributed by atoms with van der Waals surface area (Å²) in [5.41, 5.74) is -5.74. The largest absolute Gasteiger partial charge is 0.480 e. The normalized spacial score (nSPS) is 13.3. The summed E-state index contributed by atoms with van der Waals surface area (Å²) in [6.07, 6.45) is -8.18. The molecule has 1 heterocycles. The number of nitriles is 2. The van der Waals surface area contributed by atoms with Gasteiger partial charge in [-0.25, -0.2) is 13.6 Å². The summed E-state index contributed by atoms with van der Waals surface area (Å²) in [6.45, 7) is 5.89. The lowest BCUT2D eigenvalue weighted by Gasteiger charge is -2.29. The molecule has 1 fully saturated rings. The summed E-state index contributed by atoms with van der Waals surface area (Å²) in [5, 5.41) is 34.8. The molecule has 3 amide bonds. The van der Waals surface area contributed by atoms with E-state index in [4.69, 9.17) is 27.8 Å². The topological polar surface area (TPSA) is 191 Å². The van der Waals surface area contributed by atoms with Crippen LogP contribution in [0.3, 0.4) is 0 Å². The van der Waals surface area contributed by atoms with E-state index >= 15 is 0 Å². The van der Waals surface area contributed by atoms with Crippen LogP contribution in [0, 0.1) is 34.3 Å². The van der Waals surface area contributed by atoms with E-state index < -0.39 is 81.0 Å². The Morgan fingerprint density at radius 2 is 1.26 bits per heavy atom. The molecule has 0 saturated carbocycles. The Morgan fingerprint density at radius 1 is 0.773 bits per heavy atom. The highest BCUT2D eigenvalue weighted by Gasteiger charge is 2.51. The second-order valence-electron chi connectivity index (χ2n) is 14.5. The van der Waals surface area contributed by atoms with E-state index in [1.54, 1.807) is 0 Å². The van der Waals surface area contributed by atoms with E-state index in [0.29, 0.717) is 11.8 Å². The number of thiocarbonyl (C=S) groups is 2. The number of halogens is 8. The lowest BCUT2D eigenvalue weighted by molar-refractivity contribution is -0.141. The van der Waals surface area contributed by atoms with Gasteiger partial charge in [-0.15, -0.1) is 0 Å². The summed E-state index contributed by atoms with van der Waals surface area (Å²) in [5.74, 6) is -4.44. The van der Waals surface area contributed by atoms with Crippen LogP contribution in [-0.4, -0.2) is 70.7 Å². The summed E-state index contributed by atoms with van der Waals surface area (Å²) in [6, 6.07) is 16.5. The Bertz CT molecular complexity index is 2690. The maximum atomic E-state index is 14.5. The van der Waals surface area contributed by atoms with Crippen LogP contribution in [0.15, 0.2) is 77.8 Å². The summed E-state index contributed by atoms with van der Waals surface area (Å²) in [7, 11) is 2.75. The number of benzene rings is 4. The number of rotatable bonds is 9. The van der Waals surface area contributed by atoms with Crippen LogP contribution in [0.5, 0.6) is 0 Å². The Morgan fingerprint density at radius 3 is 1.71 bits per heavy atom. The number of nitrogens with one attached hydrogen (secondary N) is 3. The van der Waals surface area contributed by atoms with E-state index in [1.165, 1.54) is 107 Å². The standard InChI is InChI=1S/C21H16F4N4O2S.C12H15FN2O3.C10H5F3N2S/c1-20(2)18(31)28(12-5-4-11(10-26)15(8-12)21(23,24)25)19(32)29(20)13-6-7-14(16(22)9-13)17(30)27-3;1-12(2,11(17)18)15-7-4-5-8(9(13)6-7)10(16)14-3;11-10(12,13)9-5-8(15-3-4-16)2-1-7(9)6-14/h4-9H,1-3H3,(H,27,30);4-6,15H,1-3H3,(H,14,16)(H,17,18);1-5H. The molecule has 0 aromatic heterocycles. The van der Waals surface area contributed by atoms with E-state index in [9.17, 15) is 54.3 Å². The van der Waals surface area contributed by atoms with Gasteiger partial charge in [0.2, 0.25) is 0 Å². The maximum Gasteiger partial charge on any atom is 0.417 e. The van der Waals surface area contributed by atoms with Crippen LogP contribution in [0.1, 0.15) is 70.7 Å². The zero-order valence-corrected chi connectivity index (χ0v) is 36.9. The number of carboxylic acid groups (broad SMARTS) is 1. The fraction of sp³-hybridized carbons (Fsp3) is 0.233. The molecule has 1 saturated heterocycles. The third-order valence-electron chi connectivity index (χ3n) is 9.18. The van der Waals surface area contributed by atoms with Crippen LogP contribution in [-0.2, 0) is 21.9 Å². The Hall–Kier alpha value is -7.37. The molecule has 1 aliphatic rings. The number of aliphatic carboxylic acids is 1. The lowest BCUT2D eigenvalue weighted by atomic mass is 10.0. The number of nitrogens with zero attached hydrogens (tertiary/aromatic N) is 5. The zero-order valence-electron chi connectivity index (χ0n) is 35.2. The monoisotopic (exact) mass is 960 g/mol. The summed E-state index contributed by atoms with van der Waals surface area (Å²) in [4.78, 5) is 53.0. The molecule has 4 aromatic rings. The van der Waals surface area contributed by atoms with E-state index in [0.717, 1.165) is 35.2 Å². The molecule has 13 nitrogen and oxygen atoms in total. The number of amides is 3. The van der Waals surface area contributed by atoms with Crippen molar-refractivity contribution in [3.8, 4) is 12.1 Å². The number of hydrogen-bond donors (Lipinski definition) is 4. The third kappa shape index (κ3) is 12.2. The fourth-order valence-electron chi connectivity index (χ4n) is 5.81. The van der Waals surface area contributed by atoms with Crippen molar-refractivity contribution in [2.75, 3.05) is 29.2 Å². The van der Waals surface area contributed by atoms with Gasteiger partial charge in [0.05, 0.1) is 56.9 Å². The van der Waals surface area contributed by atoms with E-state index in [-0.39, 0.29) is 33.3 Å². The number of carboxylic acids is 1. The smallest absolute Gasteiger partial charge is 0.417 e. The molecule has 1 aliphatic heterocycles. The second kappa shape index (κ2) is 21.1. The molecule has 0 radical (unpaired) electrons. The molecular formula is C43H36F8N8O5S2. The van der Waals surface area contributed by atoms with Gasteiger partial charge in [-0.1, -0.05) is 12.2 Å². The van der Waals surface area contributed by atoms with Crippen molar-refractivity contribution >= 4 is 87.6 Å². The fourth-order valence-corrected chi connectivity index (χ4v) is 6.39. The number of alkyl halides is 6. The van der Waals surface area contributed by atoms with E-state index in [1.807, 2.05) is 0 Å². The van der Waals surface area contributed by atoms with E-state index in [2.05, 4.69) is 33.2 Å². The summed E-state index contributed by atoms with van der Waals surface area (Å²) < 4.78 is 106. The number of aliphatic imine (C=N–C) groups is 1. The highest BCUT2D eigenvalue weighted by atomic mass is 32.1. The molecule has 0 spiro atoms. The second-order valence-corrected chi connectivity index (χ2v) is 15.1. The van der Waals surface area contributed by atoms with Crippen molar-refractivity contribution in [2.24, 2.45) is 4.99 Å². The Labute approximate surface area is 382 Å². The predicted molar refractivity (Wildman–Crippen MR) is 236 cm³/mol. The van der Waals surface area contributed by atoms with Crippen LogP contribution in [0.4, 0.5) is 57.9 Å². The molecule has 66 heavy (non-hydrogen) atoms. The molecule has 0 atom stereocenters. The van der Waals surface area contributed by atoms with Crippen molar-refractivity contribution in [3.05, 3.63) is 118 Å². The SMILES string of the molecule is CNC(=O)c1ccc(N2C(=S)N(c3ccc(C#N)c(C(F)(F)F)c3)C(=O)C2(C)C)cc1F.CNC(=O)c1ccc(NC(C)(C)C(=O)O)cc1F.N#Cc1ccc(N=CC=S)cc1C(F)(F)F. The van der Waals surface area contributed by atoms with Gasteiger partial charge in [-0.2, -0.15) is 36.9 Å². The molecule has 23 heteroatoms. The van der Waals surface area contributed by atoms with Crippen molar-refractivity contribution < 1.29 is 59.4 Å². The van der Waals surface area contributed by atoms with Crippen molar-refractivity contribution in [1.29, 1.82) is 10.5 Å². The molecule has 4 aromatic carbocycles. The average Bonchev–Trinajstić information content (AvgIpc) is 3.42. The maximum absolute atomic E-state index is 14.5. The molecule has 346 valence electrons. The van der Waals surface area contributed by atoms with Crippen LogP contribution in [0.25, 0.3) is 0 Å². The van der Waals surface area contributed by atoms with Crippen LogP contribution in [0.2, 0.25) is 0 Å². The van der Waals surface area contributed by atoms with Gasteiger partial charge in [0.25, 0.3) is 17.7 Å². The third-order valence-corrected chi connectivity index (χ3v) is 9.67. The van der Waals surface area contributed by atoms with Gasteiger partial charge < -0.3 is 26.0 Å².